The van der Waals surface area contributed by atoms with Gasteiger partial charge in [0.15, 0.2) is 0 Å². The smallest absolute Gasteiger partial charge is 0.115 e. The van der Waals surface area contributed by atoms with Crippen molar-refractivity contribution in [3.8, 4) is 45.0 Å². The van der Waals surface area contributed by atoms with Crippen LogP contribution in [0.5, 0.6) is 0 Å². The van der Waals surface area contributed by atoms with E-state index in [0.29, 0.717) is 34.2 Å². The number of aliphatic imine (C=N–C) groups is 2. The van der Waals surface area contributed by atoms with Gasteiger partial charge in [-0.3, -0.25) is 19.9 Å². The van der Waals surface area contributed by atoms with E-state index in [1.54, 1.807) is 24.8 Å². The summed E-state index contributed by atoms with van der Waals surface area (Å²) in [7, 11) is 0. The monoisotopic (exact) mass is 668 g/mol. The van der Waals surface area contributed by atoms with E-state index in [4.69, 9.17) is 29.9 Å². The van der Waals surface area contributed by atoms with Crippen molar-refractivity contribution in [1.29, 1.82) is 0 Å². The number of rotatable bonds is 6. The fourth-order valence-corrected chi connectivity index (χ4v) is 6.23. The molecule has 0 bridgehead atoms. The van der Waals surface area contributed by atoms with Crippen LogP contribution < -0.4 is 0 Å². The number of hydrogen-bond donors (Lipinski definition) is 0. The van der Waals surface area contributed by atoms with Crippen LogP contribution in [-0.2, 0) is 0 Å². The lowest BCUT2D eigenvalue weighted by atomic mass is 9.99. The summed E-state index contributed by atoms with van der Waals surface area (Å²) in [6.45, 7) is 0. The molecule has 1 aliphatic heterocycles. The maximum Gasteiger partial charge on any atom is 0.115 e. The Hall–Kier alpha value is -7.32. The highest BCUT2D eigenvalue weighted by atomic mass is 14.9. The average molecular weight is 669 g/mol. The van der Waals surface area contributed by atoms with Crippen molar-refractivity contribution in [2.45, 2.75) is 0 Å². The fraction of sp³-hybridized carbons (Fsp3) is 0. The van der Waals surface area contributed by atoms with E-state index in [1.165, 1.54) is 0 Å². The van der Waals surface area contributed by atoms with Crippen LogP contribution >= 0.6 is 0 Å². The third-order valence-corrected chi connectivity index (χ3v) is 8.81. The molecule has 6 aromatic heterocycles. The molecule has 0 N–H and O–H groups in total. The van der Waals surface area contributed by atoms with Crippen LogP contribution in [0.25, 0.3) is 45.0 Å². The van der Waals surface area contributed by atoms with Gasteiger partial charge >= 0.3 is 0 Å². The first-order valence-electron chi connectivity index (χ1n) is 16.8. The number of nitrogens with zero attached hydrogens (tertiary/aromatic N) is 8. The van der Waals surface area contributed by atoms with Crippen molar-refractivity contribution < 1.29 is 0 Å². The summed E-state index contributed by atoms with van der Waals surface area (Å²) in [6.07, 6.45) is 10.7. The molecular formula is C44H28N8. The lowest BCUT2D eigenvalue weighted by molar-refractivity contribution is 1.22. The minimum absolute atomic E-state index is 0.687. The number of hydrogen-bond acceptors (Lipinski definition) is 8. The van der Waals surface area contributed by atoms with Gasteiger partial charge in [0.1, 0.15) is 11.4 Å². The molecule has 8 aromatic rings. The van der Waals surface area contributed by atoms with Gasteiger partial charge in [-0.05, 0) is 72.8 Å². The average Bonchev–Trinajstić information content (AvgIpc) is 3.22. The van der Waals surface area contributed by atoms with Crippen LogP contribution in [-0.4, -0.2) is 41.3 Å². The predicted octanol–water partition coefficient (Wildman–Crippen LogP) is 9.38. The SMILES string of the molecule is c1cncc(-c2cccc(-c3ccc(/C4=N/c5cccnc5/C(c5ccc(-c6cccc(-c7cccnc7)n6)cc5)=N\c5cccnc54)cc3)n2)c1. The van der Waals surface area contributed by atoms with Crippen molar-refractivity contribution in [3.63, 3.8) is 0 Å². The topological polar surface area (TPSA) is 102 Å². The summed E-state index contributed by atoms with van der Waals surface area (Å²) < 4.78 is 0. The Balaban J connectivity index is 1.07. The van der Waals surface area contributed by atoms with Crippen LogP contribution in [0.4, 0.5) is 11.4 Å². The molecule has 8 heteroatoms. The quantitative estimate of drug-likeness (QED) is 0.175. The summed E-state index contributed by atoms with van der Waals surface area (Å²) in [5.74, 6) is 0. The molecule has 0 unspecified atom stereocenters. The van der Waals surface area contributed by atoms with Gasteiger partial charge in [-0.1, -0.05) is 60.7 Å². The highest BCUT2D eigenvalue weighted by molar-refractivity contribution is 6.21. The number of aromatic nitrogens is 6. The van der Waals surface area contributed by atoms with E-state index in [0.717, 1.165) is 56.2 Å². The molecule has 244 valence electrons. The summed E-state index contributed by atoms with van der Waals surface area (Å²) in [5, 5.41) is 0. The molecular weight excluding hydrogens is 641 g/mol. The van der Waals surface area contributed by atoms with Crippen molar-refractivity contribution in [2.75, 3.05) is 0 Å². The number of pyridine rings is 6. The fourth-order valence-electron chi connectivity index (χ4n) is 6.23. The van der Waals surface area contributed by atoms with Crippen molar-refractivity contribution in [1.82, 2.24) is 29.9 Å². The number of benzene rings is 2. The molecule has 0 fully saturated rings. The van der Waals surface area contributed by atoms with Gasteiger partial charge in [0.2, 0.25) is 0 Å². The highest BCUT2D eigenvalue weighted by Gasteiger charge is 2.22. The maximum absolute atomic E-state index is 5.22. The Morgan fingerprint density at radius 3 is 1.10 bits per heavy atom. The Labute approximate surface area is 300 Å². The van der Waals surface area contributed by atoms with E-state index in [2.05, 4.69) is 58.5 Å². The van der Waals surface area contributed by atoms with Crippen molar-refractivity contribution in [3.05, 3.63) is 193 Å². The minimum Gasteiger partial charge on any atom is -0.264 e. The molecule has 8 nitrogen and oxygen atoms in total. The normalized spacial score (nSPS) is 14.1. The first-order chi connectivity index (χ1) is 25.8. The van der Waals surface area contributed by atoms with Gasteiger partial charge in [0.25, 0.3) is 0 Å². The number of fused-ring (bicyclic) bond motifs is 2. The molecule has 1 aliphatic rings. The van der Waals surface area contributed by atoms with E-state index >= 15 is 0 Å². The molecule has 0 amide bonds. The third-order valence-electron chi connectivity index (χ3n) is 8.81. The Morgan fingerprint density at radius 1 is 0.308 bits per heavy atom. The van der Waals surface area contributed by atoms with Gasteiger partial charge < -0.3 is 0 Å². The Kier molecular flexibility index (Phi) is 7.99. The van der Waals surface area contributed by atoms with Crippen molar-refractivity contribution >= 4 is 22.8 Å². The second-order valence-corrected chi connectivity index (χ2v) is 12.1. The maximum atomic E-state index is 5.22. The largest absolute Gasteiger partial charge is 0.264 e. The van der Waals surface area contributed by atoms with Gasteiger partial charge in [-0.15, -0.1) is 0 Å². The van der Waals surface area contributed by atoms with Crippen LogP contribution in [0.2, 0.25) is 0 Å². The summed E-state index contributed by atoms with van der Waals surface area (Å²) >= 11 is 0. The lowest BCUT2D eigenvalue weighted by Crippen LogP contribution is -2.12. The molecule has 52 heavy (non-hydrogen) atoms. The van der Waals surface area contributed by atoms with Gasteiger partial charge in [0.05, 0.1) is 45.6 Å². The molecule has 0 saturated heterocycles. The zero-order chi connectivity index (χ0) is 34.7. The predicted molar refractivity (Wildman–Crippen MR) is 205 cm³/mol. The van der Waals surface area contributed by atoms with Crippen LogP contribution in [0, 0.1) is 0 Å². The molecule has 0 saturated carbocycles. The van der Waals surface area contributed by atoms with Gasteiger partial charge in [-0.2, -0.15) is 0 Å². The molecule has 0 spiro atoms. The van der Waals surface area contributed by atoms with E-state index < -0.39 is 0 Å². The zero-order valence-electron chi connectivity index (χ0n) is 27.7. The lowest BCUT2D eigenvalue weighted by Gasteiger charge is -2.17. The van der Waals surface area contributed by atoms with Crippen LogP contribution in [0.1, 0.15) is 22.5 Å². The van der Waals surface area contributed by atoms with Gasteiger partial charge in [-0.25, -0.2) is 20.0 Å². The minimum atomic E-state index is 0.687. The molecule has 2 aromatic carbocycles. The van der Waals surface area contributed by atoms with E-state index in [9.17, 15) is 0 Å². The zero-order valence-corrected chi connectivity index (χ0v) is 27.7. The highest BCUT2D eigenvalue weighted by Crippen LogP contribution is 2.33. The Morgan fingerprint density at radius 2 is 0.692 bits per heavy atom. The third kappa shape index (κ3) is 6.05. The first kappa shape index (κ1) is 30.7. The van der Waals surface area contributed by atoms with Crippen LogP contribution in [0.3, 0.4) is 0 Å². The molecule has 9 rings (SSSR count). The van der Waals surface area contributed by atoms with Crippen molar-refractivity contribution in [2.24, 2.45) is 9.98 Å². The molecule has 0 atom stereocenters. The first-order valence-corrected chi connectivity index (χ1v) is 16.8. The van der Waals surface area contributed by atoms with Crippen LogP contribution in [0.15, 0.2) is 181 Å². The molecule has 0 radical (unpaired) electrons. The Bertz CT molecular complexity index is 2420. The summed E-state index contributed by atoms with van der Waals surface area (Å²) in [6, 6.07) is 44.1. The molecule has 7 heterocycles. The van der Waals surface area contributed by atoms with Gasteiger partial charge in [0, 0.05) is 70.6 Å². The standard InChI is InChI=1S/C44H28N8/c1-9-35(49-37(11-1)33-7-3-23-45-27-33)29-15-19-31(20-16-29)41-43-39(13-5-25-47-43)52-42(44-40(51-41)14-6-26-48-44)32-21-17-30(18-22-32)36-10-2-12-38(50-36)34-8-4-24-46-28-34/h1-28H/b43-41?,44-42?,51-40?,51-41-,52-39?,52-42-. The van der Waals surface area contributed by atoms with E-state index in [-0.39, 0.29) is 0 Å². The summed E-state index contributed by atoms with van der Waals surface area (Å²) in [4.78, 5) is 38.4. The summed E-state index contributed by atoms with van der Waals surface area (Å²) in [5.41, 5.74) is 13.4. The van der Waals surface area contributed by atoms with E-state index in [1.807, 2.05) is 97.3 Å². The second kappa shape index (κ2) is 13.5. The second-order valence-electron chi connectivity index (χ2n) is 12.1. The molecule has 0 aliphatic carbocycles.